The van der Waals surface area contributed by atoms with E-state index in [9.17, 15) is 13.2 Å². The van der Waals surface area contributed by atoms with E-state index in [1.165, 1.54) is 12.1 Å². The van der Waals surface area contributed by atoms with Gasteiger partial charge in [0.2, 0.25) is 0 Å². The highest BCUT2D eigenvalue weighted by atomic mass is 19.4. The summed E-state index contributed by atoms with van der Waals surface area (Å²) >= 11 is 0. The summed E-state index contributed by atoms with van der Waals surface area (Å²) in [4.78, 5) is 8.47. The first-order valence-corrected chi connectivity index (χ1v) is 8.06. The summed E-state index contributed by atoms with van der Waals surface area (Å²) < 4.78 is 37.7. The molecule has 4 nitrogen and oxygen atoms in total. The van der Waals surface area contributed by atoms with Crippen LogP contribution in [0.15, 0.2) is 53.8 Å². The van der Waals surface area contributed by atoms with Gasteiger partial charge in [-0.15, -0.1) is 0 Å². The van der Waals surface area contributed by atoms with Crippen molar-refractivity contribution in [2.45, 2.75) is 26.1 Å². The van der Waals surface area contributed by atoms with Crippen LogP contribution in [0, 0.1) is 0 Å². The van der Waals surface area contributed by atoms with E-state index in [2.05, 4.69) is 20.6 Å². The Bertz CT molecular complexity index is 667. The predicted octanol–water partition coefficient (Wildman–Crippen LogP) is 3.40. The largest absolute Gasteiger partial charge is 0.416 e. The van der Waals surface area contributed by atoms with E-state index in [0.717, 1.165) is 29.7 Å². The van der Waals surface area contributed by atoms with Gasteiger partial charge in [-0.05, 0) is 42.7 Å². The van der Waals surface area contributed by atoms with E-state index in [1.807, 2.05) is 25.3 Å². The Morgan fingerprint density at radius 1 is 1.08 bits per heavy atom. The molecule has 2 rings (SSSR count). The van der Waals surface area contributed by atoms with Gasteiger partial charge in [-0.3, -0.25) is 4.98 Å². The first-order valence-electron chi connectivity index (χ1n) is 8.06. The molecule has 0 fully saturated rings. The summed E-state index contributed by atoms with van der Waals surface area (Å²) in [5.41, 5.74) is 1.19. The normalized spacial score (nSPS) is 12.1. The molecule has 25 heavy (non-hydrogen) atoms. The lowest BCUT2D eigenvalue weighted by Gasteiger charge is -2.11. The zero-order chi connectivity index (χ0) is 18.1. The van der Waals surface area contributed by atoms with Gasteiger partial charge in [-0.1, -0.05) is 18.2 Å². The van der Waals surface area contributed by atoms with Gasteiger partial charge < -0.3 is 10.6 Å². The highest BCUT2D eigenvalue weighted by Gasteiger charge is 2.29. The number of rotatable bonds is 6. The van der Waals surface area contributed by atoms with Crippen molar-refractivity contribution in [3.8, 4) is 0 Å². The molecule has 0 spiro atoms. The lowest BCUT2D eigenvalue weighted by molar-refractivity contribution is -0.137. The van der Waals surface area contributed by atoms with Crippen molar-refractivity contribution in [3.05, 3.63) is 65.5 Å². The van der Waals surface area contributed by atoms with Crippen molar-refractivity contribution in [3.63, 3.8) is 0 Å². The second kappa shape index (κ2) is 9.05. The van der Waals surface area contributed by atoms with Crippen LogP contribution in [0.3, 0.4) is 0 Å². The third kappa shape index (κ3) is 6.45. The van der Waals surface area contributed by atoms with Crippen molar-refractivity contribution < 1.29 is 13.2 Å². The van der Waals surface area contributed by atoms with Crippen LogP contribution in [0.5, 0.6) is 0 Å². The summed E-state index contributed by atoms with van der Waals surface area (Å²) in [7, 11) is 0. The average Bonchev–Trinajstić information content (AvgIpc) is 2.60. The highest BCUT2D eigenvalue weighted by Crippen LogP contribution is 2.29. The van der Waals surface area contributed by atoms with Gasteiger partial charge in [-0.25, -0.2) is 4.99 Å². The number of aromatic nitrogens is 1. The summed E-state index contributed by atoms with van der Waals surface area (Å²) in [6.07, 6.45) is 0.0313. The van der Waals surface area contributed by atoms with Gasteiger partial charge in [-0.2, -0.15) is 13.2 Å². The Morgan fingerprint density at radius 2 is 1.84 bits per heavy atom. The van der Waals surface area contributed by atoms with Gasteiger partial charge in [0.05, 0.1) is 12.1 Å². The number of aliphatic imine (C=N–C) groups is 1. The smallest absolute Gasteiger partial charge is 0.357 e. The molecule has 1 heterocycles. The third-order valence-corrected chi connectivity index (χ3v) is 3.47. The van der Waals surface area contributed by atoms with Gasteiger partial charge >= 0.3 is 6.18 Å². The van der Waals surface area contributed by atoms with E-state index in [1.54, 1.807) is 6.20 Å². The first kappa shape index (κ1) is 18.8. The Morgan fingerprint density at radius 3 is 2.44 bits per heavy atom. The van der Waals surface area contributed by atoms with Crippen LogP contribution in [0.25, 0.3) is 0 Å². The molecule has 0 aliphatic heterocycles. The van der Waals surface area contributed by atoms with E-state index in [-0.39, 0.29) is 0 Å². The van der Waals surface area contributed by atoms with Gasteiger partial charge in [0.25, 0.3) is 0 Å². The second-order valence-electron chi connectivity index (χ2n) is 5.43. The predicted molar refractivity (Wildman–Crippen MR) is 92.2 cm³/mol. The molecule has 0 unspecified atom stereocenters. The Hall–Kier alpha value is -2.57. The lowest BCUT2D eigenvalue weighted by Crippen LogP contribution is -2.38. The number of nitrogens with zero attached hydrogens (tertiary/aromatic N) is 2. The number of halogens is 3. The SMILES string of the molecule is CCNC(=NCc1ccc(C(F)(F)F)cc1)NCCc1cccnc1. The number of benzene rings is 1. The molecule has 0 amide bonds. The molecule has 2 aromatic rings. The van der Waals surface area contributed by atoms with Crippen molar-refractivity contribution in [1.82, 2.24) is 15.6 Å². The number of nitrogens with one attached hydrogen (secondary N) is 2. The fourth-order valence-corrected chi connectivity index (χ4v) is 2.18. The first-order chi connectivity index (χ1) is 12.0. The molecule has 0 radical (unpaired) electrons. The average molecular weight is 350 g/mol. The molecular formula is C18H21F3N4. The Kier molecular flexibility index (Phi) is 6.80. The van der Waals surface area contributed by atoms with Gasteiger partial charge in [0.15, 0.2) is 5.96 Å². The highest BCUT2D eigenvalue weighted by molar-refractivity contribution is 5.79. The van der Waals surface area contributed by atoms with Crippen molar-refractivity contribution in [2.75, 3.05) is 13.1 Å². The number of hydrogen-bond acceptors (Lipinski definition) is 2. The molecule has 7 heteroatoms. The van der Waals surface area contributed by atoms with Crippen molar-refractivity contribution in [1.29, 1.82) is 0 Å². The summed E-state index contributed by atoms with van der Waals surface area (Å²) in [5.74, 6) is 0.631. The molecule has 0 atom stereocenters. The minimum Gasteiger partial charge on any atom is -0.357 e. The number of guanidine groups is 1. The molecule has 0 saturated heterocycles. The zero-order valence-electron chi connectivity index (χ0n) is 14.0. The fourth-order valence-electron chi connectivity index (χ4n) is 2.18. The zero-order valence-corrected chi connectivity index (χ0v) is 14.0. The van der Waals surface area contributed by atoms with Crippen LogP contribution < -0.4 is 10.6 Å². The fraction of sp³-hybridized carbons (Fsp3) is 0.333. The van der Waals surface area contributed by atoms with Crippen LogP contribution in [0.2, 0.25) is 0 Å². The van der Waals surface area contributed by atoms with E-state index in [0.29, 0.717) is 25.6 Å². The third-order valence-electron chi connectivity index (χ3n) is 3.47. The van der Waals surface area contributed by atoms with Crippen LogP contribution >= 0.6 is 0 Å². The van der Waals surface area contributed by atoms with Crippen LogP contribution in [-0.4, -0.2) is 24.0 Å². The molecule has 0 bridgehead atoms. The van der Waals surface area contributed by atoms with Crippen molar-refractivity contribution >= 4 is 5.96 Å². The minimum atomic E-state index is -4.31. The van der Waals surface area contributed by atoms with Crippen LogP contribution in [-0.2, 0) is 19.1 Å². The molecule has 134 valence electrons. The van der Waals surface area contributed by atoms with E-state index < -0.39 is 11.7 Å². The standard InChI is InChI=1S/C18H21F3N4/c1-2-23-17(24-11-9-14-4-3-10-22-12-14)25-13-15-5-7-16(8-6-15)18(19,20)21/h3-8,10,12H,2,9,11,13H2,1H3,(H2,23,24,25). The molecule has 1 aromatic heterocycles. The van der Waals surface area contributed by atoms with E-state index in [4.69, 9.17) is 0 Å². The molecular weight excluding hydrogens is 329 g/mol. The molecule has 0 saturated carbocycles. The summed E-state index contributed by atoms with van der Waals surface area (Å²) in [5, 5.41) is 6.32. The molecule has 2 N–H and O–H groups in total. The number of alkyl halides is 3. The van der Waals surface area contributed by atoms with Crippen LogP contribution in [0.1, 0.15) is 23.6 Å². The van der Waals surface area contributed by atoms with Gasteiger partial charge in [0.1, 0.15) is 0 Å². The Balaban J connectivity index is 1.90. The Labute approximate surface area is 145 Å². The maximum Gasteiger partial charge on any atom is 0.416 e. The molecule has 1 aromatic carbocycles. The molecule has 0 aliphatic carbocycles. The second-order valence-corrected chi connectivity index (χ2v) is 5.43. The van der Waals surface area contributed by atoms with Crippen molar-refractivity contribution in [2.24, 2.45) is 4.99 Å². The van der Waals surface area contributed by atoms with Gasteiger partial charge in [0, 0.05) is 25.5 Å². The molecule has 0 aliphatic rings. The summed E-state index contributed by atoms with van der Waals surface area (Å²) in [6, 6.07) is 8.94. The summed E-state index contributed by atoms with van der Waals surface area (Å²) in [6.45, 7) is 3.65. The van der Waals surface area contributed by atoms with Crippen LogP contribution in [0.4, 0.5) is 13.2 Å². The number of hydrogen-bond donors (Lipinski definition) is 2. The maximum absolute atomic E-state index is 12.6. The topological polar surface area (TPSA) is 49.3 Å². The maximum atomic E-state index is 12.6. The minimum absolute atomic E-state index is 0.306. The van der Waals surface area contributed by atoms with E-state index >= 15 is 0 Å². The lowest BCUT2D eigenvalue weighted by atomic mass is 10.1. The monoisotopic (exact) mass is 350 g/mol. The number of pyridine rings is 1. The quantitative estimate of drug-likeness (QED) is 0.620.